The fourth-order valence-electron chi connectivity index (χ4n) is 2.48. The highest BCUT2D eigenvalue weighted by molar-refractivity contribution is 5.45. The van der Waals surface area contributed by atoms with Crippen LogP contribution in [-0.4, -0.2) is 52.9 Å². The maximum absolute atomic E-state index is 8.63. The topological polar surface area (TPSA) is 102 Å². The molecular formula is C22H28N4O5+2. The van der Waals surface area contributed by atoms with Gasteiger partial charge in [0.1, 0.15) is 0 Å². The SMILES string of the molecule is N#[N+]c1ccc(COCCOCCOCCOCCOCc2ccc([N+]#N)cc2)cc1. The van der Waals surface area contributed by atoms with Crippen molar-refractivity contribution < 1.29 is 23.7 Å². The average Bonchev–Trinajstić information content (AvgIpc) is 2.82. The van der Waals surface area contributed by atoms with Crippen molar-refractivity contribution in [3.8, 4) is 0 Å². The Morgan fingerprint density at radius 3 is 1.03 bits per heavy atom. The van der Waals surface area contributed by atoms with Gasteiger partial charge in [-0.25, -0.2) is 0 Å². The van der Waals surface area contributed by atoms with Crippen molar-refractivity contribution >= 4 is 11.4 Å². The highest BCUT2D eigenvalue weighted by Gasteiger charge is 2.03. The van der Waals surface area contributed by atoms with Gasteiger partial charge >= 0.3 is 11.4 Å². The van der Waals surface area contributed by atoms with E-state index in [-0.39, 0.29) is 0 Å². The zero-order chi connectivity index (χ0) is 22.0. The number of rotatable bonds is 16. The van der Waals surface area contributed by atoms with Crippen LogP contribution in [0.25, 0.3) is 9.95 Å². The average molecular weight is 428 g/mol. The largest absolute Gasteiger partial charge is 0.385 e. The third-order valence-electron chi connectivity index (χ3n) is 4.13. The summed E-state index contributed by atoms with van der Waals surface area (Å²) in [5, 5.41) is 17.3. The summed E-state index contributed by atoms with van der Waals surface area (Å²) in [6.45, 7) is 4.97. The molecule has 0 aliphatic rings. The molecular weight excluding hydrogens is 400 g/mol. The van der Waals surface area contributed by atoms with Crippen LogP contribution in [0.1, 0.15) is 11.1 Å². The van der Waals surface area contributed by atoms with Gasteiger partial charge in [0.2, 0.25) is 10.8 Å². The summed E-state index contributed by atoms with van der Waals surface area (Å²) in [5.74, 6) is 0. The van der Waals surface area contributed by atoms with Crippen molar-refractivity contribution in [1.29, 1.82) is 10.8 Å². The van der Waals surface area contributed by atoms with E-state index in [1.165, 1.54) is 0 Å². The lowest BCUT2D eigenvalue weighted by atomic mass is 10.2. The molecule has 0 amide bonds. The molecule has 2 rings (SSSR count). The summed E-state index contributed by atoms with van der Waals surface area (Å²) in [4.78, 5) is 6.21. The van der Waals surface area contributed by atoms with Crippen LogP contribution in [0.15, 0.2) is 48.5 Å². The van der Waals surface area contributed by atoms with Crippen LogP contribution in [0.3, 0.4) is 0 Å². The molecule has 0 bridgehead atoms. The van der Waals surface area contributed by atoms with Gasteiger partial charge in [-0.2, -0.15) is 0 Å². The molecule has 2 aromatic carbocycles. The van der Waals surface area contributed by atoms with E-state index in [0.717, 1.165) is 11.1 Å². The molecule has 0 fully saturated rings. The lowest BCUT2D eigenvalue weighted by Crippen LogP contribution is -2.13. The molecule has 0 saturated carbocycles. The minimum atomic E-state index is 0.485. The number of nitrogens with zero attached hydrogens (tertiary/aromatic N) is 4. The minimum Gasteiger partial charge on any atom is -0.377 e. The lowest BCUT2D eigenvalue weighted by Gasteiger charge is -2.08. The third-order valence-corrected chi connectivity index (χ3v) is 4.13. The van der Waals surface area contributed by atoms with Gasteiger partial charge in [0.15, 0.2) is 9.95 Å². The zero-order valence-electron chi connectivity index (χ0n) is 17.5. The maximum Gasteiger partial charge on any atom is 0.385 e. The first-order valence-electron chi connectivity index (χ1n) is 10.1. The molecule has 0 N–H and O–H groups in total. The lowest BCUT2D eigenvalue weighted by molar-refractivity contribution is -0.0138. The molecule has 0 aromatic heterocycles. The van der Waals surface area contributed by atoms with Crippen LogP contribution in [0.5, 0.6) is 0 Å². The molecule has 2 aromatic rings. The molecule has 0 unspecified atom stereocenters. The molecule has 0 spiro atoms. The first-order valence-corrected chi connectivity index (χ1v) is 10.1. The zero-order valence-corrected chi connectivity index (χ0v) is 17.5. The third kappa shape index (κ3) is 11.2. The number of ether oxygens (including phenoxy) is 5. The number of diazo groups is 2. The second kappa shape index (κ2) is 15.9. The van der Waals surface area contributed by atoms with Crippen molar-refractivity contribution in [3.05, 3.63) is 69.6 Å². The smallest absolute Gasteiger partial charge is 0.377 e. The molecule has 0 radical (unpaired) electrons. The highest BCUT2D eigenvalue weighted by Crippen LogP contribution is 2.13. The molecule has 0 aliphatic heterocycles. The highest BCUT2D eigenvalue weighted by atomic mass is 16.6. The number of hydrogen-bond donors (Lipinski definition) is 0. The summed E-state index contributed by atoms with van der Waals surface area (Å²) in [7, 11) is 0. The normalized spacial score (nSPS) is 10.5. The predicted octanol–water partition coefficient (Wildman–Crippen LogP) is 4.44. The van der Waals surface area contributed by atoms with Gasteiger partial charge < -0.3 is 23.7 Å². The van der Waals surface area contributed by atoms with Crippen LogP contribution in [0.4, 0.5) is 11.4 Å². The summed E-state index contributed by atoms with van der Waals surface area (Å²) in [6.07, 6.45) is 0. The van der Waals surface area contributed by atoms with Gasteiger partial charge in [-0.1, -0.05) is 0 Å². The van der Waals surface area contributed by atoms with Crippen molar-refractivity contribution in [2.75, 3.05) is 52.9 Å². The quantitative estimate of drug-likeness (QED) is 0.288. The summed E-state index contributed by atoms with van der Waals surface area (Å²) < 4.78 is 27.4. The van der Waals surface area contributed by atoms with Gasteiger partial charge in [0.05, 0.1) is 66.1 Å². The van der Waals surface area contributed by atoms with Gasteiger partial charge in [-0.3, -0.25) is 0 Å². The second-order valence-corrected chi connectivity index (χ2v) is 6.48. The van der Waals surface area contributed by atoms with Crippen LogP contribution in [-0.2, 0) is 36.9 Å². The molecule has 164 valence electrons. The maximum atomic E-state index is 8.63. The Morgan fingerprint density at radius 2 is 0.742 bits per heavy atom. The predicted molar refractivity (Wildman–Crippen MR) is 114 cm³/mol. The fraction of sp³-hybridized carbons (Fsp3) is 0.455. The monoisotopic (exact) mass is 428 g/mol. The van der Waals surface area contributed by atoms with E-state index < -0.39 is 0 Å². The van der Waals surface area contributed by atoms with Crippen molar-refractivity contribution in [2.45, 2.75) is 13.2 Å². The number of hydrogen-bond acceptors (Lipinski definition) is 7. The van der Waals surface area contributed by atoms with E-state index in [1.54, 1.807) is 24.3 Å². The van der Waals surface area contributed by atoms with Crippen LogP contribution in [0.2, 0.25) is 0 Å². The van der Waals surface area contributed by atoms with E-state index in [2.05, 4.69) is 9.95 Å². The van der Waals surface area contributed by atoms with E-state index in [9.17, 15) is 0 Å². The summed E-state index contributed by atoms with van der Waals surface area (Å²) >= 11 is 0. The van der Waals surface area contributed by atoms with Crippen LogP contribution < -0.4 is 0 Å². The molecule has 0 heterocycles. The van der Waals surface area contributed by atoms with E-state index in [4.69, 9.17) is 34.5 Å². The number of benzene rings is 2. The van der Waals surface area contributed by atoms with E-state index >= 15 is 0 Å². The summed E-state index contributed by atoms with van der Waals surface area (Å²) in [5.41, 5.74) is 3.05. The van der Waals surface area contributed by atoms with Crippen molar-refractivity contribution in [3.63, 3.8) is 0 Å². The minimum absolute atomic E-state index is 0.485. The van der Waals surface area contributed by atoms with E-state index in [1.807, 2.05) is 24.3 Å². The summed E-state index contributed by atoms with van der Waals surface area (Å²) in [6, 6.07) is 14.3. The second-order valence-electron chi connectivity index (χ2n) is 6.48. The van der Waals surface area contributed by atoms with Gasteiger partial charge in [-0.05, 0) is 35.4 Å². The van der Waals surface area contributed by atoms with E-state index in [0.29, 0.717) is 77.4 Å². The van der Waals surface area contributed by atoms with Crippen molar-refractivity contribution in [2.24, 2.45) is 0 Å². The van der Waals surface area contributed by atoms with Crippen molar-refractivity contribution in [1.82, 2.24) is 0 Å². The first-order chi connectivity index (χ1) is 15.3. The van der Waals surface area contributed by atoms with Gasteiger partial charge in [0, 0.05) is 24.3 Å². The fourth-order valence-corrected chi connectivity index (χ4v) is 2.48. The van der Waals surface area contributed by atoms with Gasteiger partial charge in [0.25, 0.3) is 0 Å². The Balaban J connectivity index is 1.31. The Bertz CT molecular complexity index is 746. The van der Waals surface area contributed by atoms with Crippen LogP contribution >= 0.6 is 0 Å². The van der Waals surface area contributed by atoms with Gasteiger partial charge in [-0.15, -0.1) is 0 Å². The Kier molecular flexibility index (Phi) is 12.5. The Hall–Kier alpha value is -2.92. The molecule has 9 heteroatoms. The Morgan fingerprint density at radius 1 is 0.452 bits per heavy atom. The molecule has 0 aliphatic carbocycles. The standard InChI is InChI=1S/C22H28N4O5/c23-25-21-5-1-19(2-6-21)17-30-15-13-28-11-9-27-10-12-29-14-16-31-18-20-3-7-22(26-24)8-4-20/h1-8H,9-18H2/q+2. The molecule has 0 saturated heterocycles. The van der Waals surface area contributed by atoms with Crippen LogP contribution in [0, 0.1) is 10.8 Å². The molecule has 0 atom stereocenters. The molecule has 31 heavy (non-hydrogen) atoms. The Labute approximate surface area is 182 Å². The first kappa shape index (κ1) is 24.4. The molecule has 9 nitrogen and oxygen atoms in total.